The molecule has 256 valence electrons. The van der Waals surface area contributed by atoms with Crippen LogP contribution in [-0.4, -0.2) is 58.7 Å². The lowest BCUT2D eigenvalue weighted by Gasteiger charge is -2.24. The molecule has 50 heavy (non-hydrogen) atoms. The van der Waals surface area contributed by atoms with E-state index in [9.17, 15) is 24.3 Å². The number of benzene rings is 4. The number of fused-ring (bicyclic) bond motifs is 4. The van der Waals surface area contributed by atoms with Crippen molar-refractivity contribution in [2.45, 2.75) is 56.7 Å². The van der Waals surface area contributed by atoms with Crippen molar-refractivity contribution in [2.24, 2.45) is 0 Å². The number of H-pyrrole nitrogens is 1. The number of aromatic nitrogens is 1. The second kappa shape index (κ2) is 15.5. The topological polar surface area (TPSA) is 150 Å². The summed E-state index contributed by atoms with van der Waals surface area (Å²) in [6.07, 6.45) is 2.04. The monoisotopic (exact) mass is 672 g/mol. The van der Waals surface area contributed by atoms with Crippen LogP contribution in [0.2, 0.25) is 0 Å². The summed E-state index contributed by atoms with van der Waals surface area (Å²) in [5.74, 6) is -2.55. The molecule has 0 bridgehead atoms. The van der Waals surface area contributed by atoms with E-state index in [0.717, 1.165) is 44.3 Å². The summed E-state index contributed by atoms with van der Waals surface area (Å²) in [7, 11) is 0. The largest absolute Gasteiger partial charge is 0.480 e. The molecule has 10 nitrogen and oxygen atoms in total. The first-order chi connectivity index (χ1) is 24.3. The van der Waals surface area contributed by atoms with Crippen molar-refractivity contribution < 1.29 is 29.0 Å². The maximum atomic E-state index is 13.9. The van der Waals surface area contributed by atoms with E-state index in [4.69, 9.17) is 4.74 Å². The number of ether oxygens (including phenoxy) is 1. The van der Waals surface area contributed by atoms with Gasteiger partial charge in [0.2, 0.25) is 11.8 Å². The Morgan fingerprint density at radius 2 is 1.32 bits per heavy atom. The molecule has 0 radical (unpaired) electrons. The van der Waals surface area contributed by atoms with Gasteiger partial charge in [0.05, 0.1) is 0 Å². The SMILES string of the molecule is CCC[C@H](NC(=O)[C@H](Cc1c[nH]c2ccccc12)NC(=O)OCC1c2ccccc2-c2ccccc21)C(=O)N[C@@H](Cc1ccccc1)C(=O)O. The molecule has 0 fully saturated rings. The molecule has 5 N–H and O–H groups in total. The van der Waals surface area contributed by atoms with Crippen LogP contribution in [0.5, 0.6) is 0 Å². The van der Waals surface area contributed by atoms with Crippen LogP contribution in [0.3, 0.4) is 0 Å². The zero-order chi connectivity index (χ0) is 35.0. The Morgan fingerprint density at radius 1 is 0.720 bits per heavy atom. The van der Waals surface area contributed by atoms with Crippen LogP contribution >= 0.6 is 0 Å². The Hall–Kier alpha value is -5.90. The zero-order valence-corrected chi connectivity index (χ0v) is 27.7. The summed E-state index contributed by atoms with van der Waals surface area (Å²) < 4.78 is 5.78. The molecular weight excluding hydrogens is 632 g/mol. The molecule has 3 atom stereocenters. The van der Waals surface area contributed by atoms with Crippen molar-refractivity contribution in [2.75, 3.05) is 6.61 Å². The smallest absolute Gasteiger partial charge is 0.407 e. The minimum Gasteiger partial charge on any atom is -0.480 e. The Balaban J connectivity index is 1.18. The summed E-state index contributed by atoms with van der Waals surface area (Å²) in [6, 6.07) is 29.4. The standard InChI is InChI=1S/C40H40N4O6/c1-2-12-34(37(45)43-36(39(47)48)21-25-13-4-3-5-14-25)42-38(46)35(22-26-23-41-33-20-11-10-15-27(26)33)44-40(49)50-24-32-30-18-8-6-16-28(30)29-17-7-9-19-31(29)32/h3-11,13-20,23,32,34-36,41H,2,12,21-22,24H2,1H3,(H,42,46)(H,43,45)(H,44,49)(H,47,48)/t34-,35-,36-/m0/s1. The van der Waals surface area contributed by atoms with Gasteiger partial charge in [-0.05, 0) is 45.9 Å². The van der Waals surface area contributed by atoms with Crippen molar-refractivity contribution in [1.82, 2.24) is 20.9 Å². The van der Waals surface area contributed by atoms with Crippen LogP contribution < -0.4 is 16.0 Å². The summed E-state index contributed by atoms with van der Waals surface area (Å²) in [5.41, 5.74) is 6.76. The molecule has 1 aliphatic rings. The van der Waals surface area contributed by atoms with Crippen molar-refractivity contribution in [3.05, 3.63) is 132 Å². The van der Waals surface area contributed by atoms with E-state index in [1.54, 1.807) is 30.5 Å². The van der Waals surface area contributed by atoms with Crippen LogP contribution in [0, 0.1) is 0 Å². The molecule has 0 unspecified atom stereocenters. The first-order valence-corrected chi connectivity index (χ1v) is 16.9. The molecule has 0 saturated carbocycles. The summed E-state index contributed by atoms with van der Waals surface area (Å²) in [4.78, 5) is 56.1. The van der Waals surface area contributed by atoms with Gasteiger partial charge < -0.3 is 30.8 Å². The molecule has 0 saturated heterocycles. The number of carboxylic acid groups (broad SMARTS) is 1. The van der Waals surface area contributed by atoms with E-state index in [-0.39, 0.29) is 31.8 Å². The van der Waals surface area contributed by atoms with Crippen molar-refractivity contribution >= 4 is 34.8 Å². The number of rotatable bonds is 14. The second-order valence-electron chi connectivity index (χ2n) is 12.5. The normalized spacial score (nSPS) is 13.8. The van der Waals surface area contributed by atoms with E-state index >= 15 is 0 Å². The third-order valence-electron chi connectivity index (χ3n) is 9.16. The average molecular weight is 673 g/mol. The highest BCUT2D eigenvalue weighted by Crippen LogP contribution is 2.44. The summed E-state index contributed by atoms with van der Waals surface area (Å²) in [6.45, 7) is 1.93. The molecule has 6 rings (SSSR count). The number of nitrogens with one attached hydrogen (secondary N) is 4. The van der Waals surface area contributed by atoms with E-state index in [2.05, 4.69) is 33.1 Å². The summed E-state index contributed by atoms with van der Waals surface area (Å²) in [5, 5.41) is 18.9. The lowest BCUT2D eigenvalue weighted by atomic mass is 9.98. The molecule has 0 spiro atoms. The maximum absolute atomic E-state index is 13.9. The molecule has 10 heteroatoms. The third-order valence-corrected chi connectivity index (χ3v) is 9.16. The Labute approximate surface area is 290 Å². The fourth-order valence-corrected chi connectivity index (χ4v) is 6.66. The van der Waals surface area contributed by atoms with E-state index < -0.39 is 42.0 Å². The summed E-state index contributed by atoms with van der Waals surface area (Å²) >= 11 is 0. The minimum atomic E-state index is -1.19. The number of alkyl carbamates (subject to hydrolysis) is 1. The van der Waals surface area contributed by atoms with Gasteiger partial charge in [-0.2, -0.15) is 0 Å². The molecule has 5 aromatic rings. The number of carbonyl (C=O) groups is 4. The minimum absolute atomic E-state index is 0.0696. The van der Waals surface area contributed by atoms with Crippen LogP contribution in [-0.2, 0) is 32.0 Å². The Kier molecular flexibility index (Phi) is 10.6. The number of hydrogen-bond donors (Lipinski definition) is 5. The second-order valence-corrected chi connectivity index (χ2v) is 12.5. The number of amides is 3. The highest BCUT2D eigenvalue weighted by Gasteiger charge is 2.32. The predicted octanol–water partition coefficient (Wildman–Crippen LogP) is 5.71. The first kappa shape index (κ1) is 34.0. The van der Waals surface area contributed by atoms with Crippen molar-refractivity contribution in [3.8, 4) is 11.1 Å². The van der Waals surface area contributed by atoms with E-state index in [1.807, 2.05) is 73.7 Å². The van der Waals surface area contributed by atoms with Crippen LogP contribution in [0.25, 0.3) is 22.0 Å². The number of para-hydroxylation sites is 1. The molecule has 1 heterocycles. The van der Waals surface area contributed by atoms with Gasteiger partial charge in [0.25, 0.3) is 0 Å². The molecule has 4 aromatic carbocycles. The van der Waals surface area contributed by atoms with Crippen LogP contribution in [0.4, 0.5) is 4.79 Å². The number of aromatic amines is 1. The predicted molar refractivity (Wildman–Crippen MR) is 191 cm³/mol. The van der Waals surface area contributed by atoms with Gasteiger partial charge in [0.15, 0.2) is 0 Å². The van der Waals surface area contributed by atoms with Gasteiger partial charge >= 0.3 is 12.1 Å². The Morgan fingerprint density at radius 3 is 2.00 bits per heavy atom. The third kappa shape index (κ3) is 7.70. The number of carboxylic acids is 1. The maximum Gasteiger partial charge on any atom is 0.407 e. The van der Waals surface area contributed by atoms with Gasteiger partial charge in [-0.3, -0.25) is 9.59 Å². The van der Waals surface area contributed by atoms with Crippen molar-refractivity contribution in [3.63, 3.8) is 0 Å². The fraction of sp³-hybridized carbons (Fsp3) is 0.250. The molecular formula is C40H40N4O6. The number of carbonyl (C=O) groups excluding carboxylic acids is 3. The van der Waals surface area contributed by atoms with Gasteiger partial charge in [-0.1, -0.05) is 110 Å². The van der Waals surface area contributed by atoms with Crippen LogP contribution in [0.1, 0.15) is 47.9 Å². The van der Waals surface area contributed by atoms with E-state index in [1.165, 1.54) is 0 Å². The fourth-order valence-electron chi connectivity index (χ4n) is 6.66. The zero-order valence-electron chi connectivity index (χ0n) is 27.7. The van der Waals surface area contributed by atoms with Gasteiger partial charge in [0, 0.05) is 35.9 Å². The molecule has 0 aliphatic heterocycles. The van der Waals surface area contributed by atoms with Crippen LogP contribution in [0.15, 0.2) is 109 Å². The highest BCUT2D eigenvalue weighted by atomic mass is 16.5. The first-order valence-electron chi connectivity index (χ1n) is 16.9. The van der Waals surface area contributed by atoms with E-state index in [0.29, 0.717) is 6.42 Å². The van der Waals surface area contributed by atoms with Gasteiger partial charge in [0.1, 0.15) is 24.7 Å². The molecule has 1 aliphatic carbocycles. The highest BCUT2D eigenvalue weighted by molar-refractivity contribution is 5.93. The number of hydrogen-bond acceptors (Lipinski definition) is 5. The van der Waals surface area contributed by atoms with Crippen molar-refractivity contribution in [1.29, 1.82) is 0 Å². The molecule has 1 aromatic heterocycles. The lowest BCUT2D eigenvalue weighted by Crippen LogP contribution is -2.56. The average Bonchev–Trinajstić information content (AvgIpc) is 3.69. The molecule has 3 amide bonds. The lowest BCUT2D eigenvalue weighted by molar-refractivity contribution is -0.142. The quantitative estimate of drug-likeness (QED) is 0.102. The van der Waals surface area contributed by atoms with Gasteiger partial charge in [-0.15, -0.1) is 0 Å². The number of aliphatic carboxylic acids is 1. The van der Waals surface area contributed by atoms with Gasteiger partial charge in [-0.25, -0.2) is 9.59 Å². The Bertz CT molecular complexity index is 1940.